The standard InChI is InChI=1S/C15H19N5O2/c1-15(2,3)20-8-10(6-11(20)21)7-19-9-18-13-12(14(19)22)16-4-5-17-13/h4-5,9-10H,6-8H2,1-3H3/t10-/m0/s1. The van der Waals surface area contributed by atoms with E-state index in [2.05, 4.69) is 15.0 Å². The molecular formula is C15H19N5O2. The fraction of sp³-hybridized carbons (Fsp3) is 0.533. The summed E-state index contributed by atoms with van der Waals surface area (Å²) in [5.41, 5.74) is 0.216. The summed E-state index contributed by atoms with van der Waals surface area (Å²) in [6.45, 7) is 7.19. The van der Waals surface area contributed by atoms with E-state index >= 15 is 0 Å². The van der Waals surface area contributed by atoms with E-state index in [0.717, 1.165) is 0 Å². The molecule has 1 aliphatic heterocycles. The van der Waals surface area contributed by atoms with Crippen molar-refractivity contribution in [2.75, 3.05) is 6.54 Å². The van der Waals surface area contributed by atoms with Crippen LogP contribution < -0.4 is 5.56 Å². The lowest BCUT2D eigenvalue weighted by Crippen LogP contribution is -2.42. The van der Waals surface area contributed by atoms with E-state index in [-0.39, 0.29) is 28.4 Å². The summed E-state index contributed by atoms with van der Waals surface area (Å²) in [6, 6.07) is 0. The van der Waals surface area contributed by atoms with E-state index in [0.29, 0.717) is 25.2 Å². The number of fused-ring (bicyclic) bond motifs is 1. The lowest BCUT2D eigenvalue weighted by Gasteiger charge is -2.32. The Morgan fingerprint density at radius 2 is 1.91 bits per heavy atom. The fourth-order valence-corrected chi connectivity index (χ4v) is 2.85. The Morgan fingerprint density at radius 1 is 1.18 bits per heavy atom. The molecule has 3 heterocycles. The largest absolute Gasteiger partial charge is 0.337 e. The molecule has 0 radical (unpaired) electrons. The normalized spacial score (nSPS) is 19.1. The van der Waals surface area contributed by atoms with Crippen molar-refractivity contribution in [3.63, 3.8) is 0 Å². The Morgan fingerprint density at radius 3 is 2.59 bits per heavy atom. The maximum absolute atomic E-state index is 12.4. The molecule has 0 N–H and O–H groups in total. The van der Waals surface area contributed by atoms with Crippen LogP contribution in [0.25, 0.3) is 11.2 Å². The number of hydrogen-bond donors (Lipinski definition) is 0. The lowest BCUT2D eigenvalue weighted by atomic mass is 10.1. The summed E-state index contributed by atoms with van der Waals surface area (Å²) in [7, 11) is 0. The molecule has 3 rings (SSSR count). The third kappa shape index (κ3) is 2.58. The monoisotopic (exact) mass is 301 g/mol. The predicted molar refractivity (Wildman–Crippen MR) is 81.2 cm³/mol. The van der Waals surface area contributed by atoms with Crippen LogP contribution in [-0.4, -0.2) is 42.4 Å². The van der Waals surface area contributed by atoms with Crippen LogP contribution in [0.15, 0.2) is 23.5 Å². The second-order valence-electron chi connectivity index (χ2n) is 6.68. The van der Waals surface area contributed by atoms with Gasteiger partial charge >= 0.3 is 0 Å². The number of likely N-dealkylation sites (tertiary alicyclic amines) is 1. The van der Waals surface area contributed by atoms with E-state index in [9.17, 15) is 9.59 Å². The van der Waals surface area contributed by atoms with Crippen molar-refractivity contribution in [2.45, 2.75) is 39.3 Å². The van der Waals surface area contributed by atoms with Crippen molar-refractivity contribution in [2.24, 2.45) is 5.92 Å². The van der Waals surface area contributed by atoms with Gasteiger partial charge in [0.2, 0.25) is 5.91 Å². The average molecular weight is 301 g/mol. The zero-order valence-electron chi connectivity index (χ0n) is 13.0. The molecule has 0 aromatic carbocycles. The number of nitrogens with zero attached hydrogens (tertiary/aromatic N) is 5. The van der Waals surface area contributed by atoms with Gasteiger partial charge in [-0.25, -0.2) is 15.0 Å². The van der Waals surface area contributed by atoms with Crippen LogP contribution in [0.4, 0.5) is 0 Å². The van der Waals surface area contributed by atoms with Gasteiger partial charge in [0.05, 0.1) is 0 Å². The maximum Gasteiger partial charge on any atom is 0.281 e. The lowest BCUT2D eigenvalue weighted by molar-refractivity contribution is -0.131. The second-order valence-corrected chi connectivity index (χ2v) is 6.68. The van der Waals surface area contributed by atoms with Crippen molar-refractivity contribution in [3.05, 3.63) is 29.1 Å². The maximum atomic E-state index is 12.4. The summed E-state index contributed by atoms with van der Waals surface area (Å²) in [6.07, 6.45) is 4.94. The van der Waals surface area contributed by atoms with Gasteiger partial charge in [-0.15, -0.1) is 0 Å². The topological polar surface area (TPSA) is 81.0 Å². The molecule has 7 heteroatoms. The molecule has 0 saturated carbocycles. The van der Waals surface area contributed by atoms with Gasteiger partial charge in [-0.3, -0.25) is 14.2 Å². The van der Waals surface area contributed by atoms with Gasteiger partial charge < -0.3 is 4.90 Å². The molecule has 0 aliphatic carbocycles. The Balaban J connectivity index is 1.84. The predicted octanol–water partition coefficient (Wildman–Crippen LogP) is 0.834. The summed E-state index contributed by atoms with van der Waals surface area (Å²) < 4.78 is 1.53. The summed E-state index contributed by atoms with van der Waals surface area (Å²) in [5.74, 6) is 0.249. The van der Waals surface area contributed by atoms with Crippen LogP contribution in [0.5, 0.6) is 0 Å². The molecule has 22 heavy (non-hydrogen) atoms. The van der Waals surface area contributed by atoms with Crippen molar-refractivity contribution in [3.8, 4) is 0 Å². The first kappa shape index (κ1) is 14.6. The minimum absolute atomic E-state index is 0.111. The molecule has 1 saturated heterocycles. The van der Waals surface area contributed by atoms with Crippen LogP contribution >= 0.6 is 0 Å². The number of rotatable bonds is 2. The molecule has 0 unspecified atom stereocenters. The van der Waals surface area contributed by atoms with E-state index in [1.165, 1.54) is 23.3 Å². The Kier molecular flexibility index (Phi) is 3.42. The van der Waals surface area contributed by atoms with Gasteiger partial charge in [0, 0.05) is 43.4 Å². The third-order valence-corrected chi connectivity index (χ3v) is 3.93. The molecule has 1 fully saturated rings. The van der Waals surface area contributed by atoms with E-state index in [1.54, 1.807) is 0 Å². The highest BCUT2D eigenvalue weighted by Gasteiger charge is 2.36. The van der Waals surface area contributed by atoms with Crippen LogP contribution in [0.3, 0.4) is 0 Å². The number of amides is 1. The summed E-state index contributed by atoms with van der Waals surface area (Å²) >= 11 is 0. The smallest absolute Gasteiger partial charge is 0.281 e. The van der Waals surface area contributed by atoms with Crippen molar-refractivity contribution in [1.82, 2.24) is 24.4 Å². The fourth-order valence-electron chi connectivity index (χ4n) is 2.85. The number of carbonyl (C=O) groups is 1. The van der Waals surface area contributed by atoms with E-state index in [4.69, 9.17) is 0 Å². The van der Waals surface area contributed by atoms with Crippen LogP contribution in [0, 0.1) is 5.92 Å². The second kappa shape index (κ2) is 5.15. The summed E-state index contributed by atoms with van der Waals surface area (Å²) in [5, 5.41) is 0. The van der Waals surface area contributed by atoms with Crippen molar-refractivity contribution < 1.29 is 4.79 Å². The Labute approximate surface area is 128 Å². The van der Waals surface area contributed by atoms with Crippen LogP contribution in [-0.2, 0) is 11.3 Å². The molecule has 2 aromatic rings. The van der Waals surface area contributed by atoms with Gasteiger partial charge in [-0.05, 0) is 20.8 Å². The Hall–Kier alpha value is -2.31. The van der Waals surface area contributed by atoms with Crippen molar-refractivity contribution >= 4 is 17.1 Å². The first-order chi connectivity index (χ1) is 10.4. The molecule has 0 bridgehead atoms. The van der Waals surface area contributed by atoms with Gasteiger partial charge in [-0.1, -0.05) is 0 Å². The molecule has 0 spiro atoms. The average Bonchev–Trinajstić information content (AvgIpc) is 2.83. The SMILES string of the molecule is CC(C)(C)N1C[C@H](Cn2cnc3nccnc3c2=O)CC1=O. The molecule has 2 aromatic heterocycles. The summed E-state index contributed by atoms with van der Waals surface area (Å²) in [4.78, 5) is 38.6. The molecule has 1 atom stereocenters. The Bertz CT molecular complexity index is 777. The zero-order valence-corrected chi connectivity index (χ0v) is 13.0. The van der Waals surface area contributed by atoms with Crippen LogP contribution in [0.2, 0.25) is 0 Å². The minimum atomic E-state index is -0.209. The molecule has 1 amide bonds. The number of hydrogen-bond acceptors (Lipinski definition) is 5. The molecule has 116 valence electrons. The quantitative estimate of drug-likeness (QED) is 0.821. The van der Waals surface area contributed by atoms with E-state index < -0.39 is 0 Å². The highest BCUT2D eigenvalue weighted by Crippen LogP contribution is 2.26. The molecule has 1 aliphatic rings. The first-order valence-electron chi connectivity index (χ1n) is 7.33. The van der Waals surface area contributed by atoms with Crippen LogP contribution in [0.1, 0.15) is 27.2 Å². The highest BCUT2D eigenvalue weighted by molar-refractivity contribution is 5.79. The first-order valence-corrected chi connectivity index (χ1v) is 7.33. The third-order valence-electron chi connectivity index (χ3n) is 3.93. The van der Waals surface area contributed by atoms with Gasteiger partial charge in [-0.2, -0.15) is 0 Å². The van der Waals surface area contributed by atoms with E-state index in [1.807, 2.05) is 25.7 Å². The highest BCUT2D eigenvalue weighted by atomic mass is 16.2. The minimum Gasteiger partial charge on any atom is -0.337 e. The number of aromatic nitrogens is 4. The van der Waals surface area contributed by atoms with Gasteiger partial charge in [0.15, 0.2) is 11.2 Å². The molecule has 7 nitrogen and oxygen atoms in total. The zero-order chi connectivity index (χ0) is 15.9. The molecular weight excluding hydrogens is 282 g/mol. The van der Waals surface area contributed by atoms with Crippen molar-refractivity contribution in [1.29, 1.82) is 0 Å². The van der Waals surface area contributed by atoms with Gasteiger partial charge in [0.25, 0.3) is 5.56 Å². The van der Waals surface area contributed by atoms with Gasteiger partial charge in [0.1, 0.15) is 6.33 Å². The number of carbonyl (C=O) groups excluding carboxylic acids is 1.